The van der Waals surface area contributed by atoms with Crippen LogP contribution < -0.4 is 4.74 Å². The maximum Gasteiger partial charge on any atom is 0.330 e. The van der Waals surface area contributed by atoms with Gasteiger partial charge in [0.05, 0.1) is 17.3 Å². The third-order valence-electron chi connectivity index (χ3n) is 8.89. The summed E-state index contributed by atoms with van der Waals surface area (Å²) in [7, 11) is 0. The van der Waals surface area contributed by atoms with Crippen molar-refractivity contribution in [3.63, 3.8) is 0 Å². The molecule has 8 heteroatoms. The Bertz CT molecular complexity index is 1780. The number of carbonyl (C=O) groups excluding carboxylic acids is 2. The molecule has 2 aliphatic rings. The number of carbonyl (C=O) groups is 3. The van der Waals surface area contributed by atoms with Crippen LogP contribution in [0.2, 0.25) is 0 Å². The highest BCUT2D eigenvalue weighted by molar-refractivity contribution is 5.86. The summed E-state index contributed by atoms with van der Waals surface area (Å²) in [5.74, 6) is -3.52. The van der Waals surface area contributed by atoms with Crippen LogP contribution in [0.3, 0.4) is 0 Å². The van der Waals surface area contributed by atoms with Gasteiger partial charge in [0.15, 0.2) is 6.10 Å². The molecule has 8 nitrogen and oxygen atoms in total. The molecule has 0 aromatic heterocycles. The summed E-state index contributed by atoms with van der Waals surface area (Å²) < 4.78 is 16.9. The summed E-state index contributed by atoms with van der Waals surface area (Å²) in [5, 5.41) is 19.7. The van der Waals surface area contributed by atoms with Crippen molar-refractivity contribution in [2.24, 2.45) is 11.8 Å². The Kier molecular flexibility index (Phi) is 8.93. The zero-order valence-electron chi connectivity index (χ0n) is 25.6. The van der Waals surface area contributed by atoms with Gasteiger partial charge in [-0.2, -0.15) is 0 Å². The summed E-state index contributed by atoms with van der Waals surface area (Å²) in [6.07, 6.45) is 4.01. The maximum absolute atomic E-state index is 13.1. The van der Waals surface area contributed by atoms with Crippen molar-refractivity contribution in [3.8, 4) is 22.6 Å². The van der Waals surface area contributed by atoms with Gasteiger partial charge in [0.1, 0.15) is 24.7 Å². The number of fused-ring (bicyclic) bond motifs is 3. The van der Waals surface area contributed by atoms with Gasteiger partial charge in [-0.25, -0.2) is 4.79 Å². The predicted molar refractivity (Wildman–Crippen MR) is 175 cm³/mol. The number of allylic oxidation sites excluding steroid dienone is 2. The molecule has 0 amide bonds. The largest absolute Gasteiger partial charge is 0.508 e. The van der Waals surface area contributed by atoms with E-state index in [1.807, 2.05) is 60.7 Å². The van der Waals surface area contributed by atoms with Crippen LogP contribution in [0.5, 0.6) is 11.5 Å². The van der Waals surface area contributed by atoms with Gasteiger partial charge >= 0.3 is 17.9 Å². The Morgan fingerprint density at radius 2 is 1.34 bits per heavy atom. The minimum absolute atomic E-state index is 0.134. The fraction of sp³-hybridized carbons (Fsp3) is 0.205. The van der Waals surface area contributed by atoms with Crippen LogP contribution in [0.4, 0.5) is 0 Å². The average molecular weight is 631 g/mol. The molecule has 0 heterocycles. The van der Waals surface area contributed by atoms with Crippen molar-refractivity contribution >= 4 is 17.9 Å². The predicted octanol–water partition coefficient (Wildman–Crippen LogP) is 6.44. The maximum atomic E-state index is 13.1. The first-order chi connectivity index (χ1) is 22.8. The van der Waals surface area contributed by atoms with E-state index in [-0.39, 0.29) is 31.8 Å². The first-order valence-corrected chi connectivity index (χ1v) is 15.4. The van der Waals surface area contributed by atoms with Gasteiger partial charge in [0.25, 0.3) is 0 Å². The summed E-state index contributed by atoms with van der Waals surface area (Å²) in [6.45, 7) is 2.98. The standard InChI is InChI=1S/C39H34O8/c1-2-36(41)46-24-29(47-38(44)33-12-4-3-11-32(33)37(42)43)23-45-28-21-17-26(18-22-28)39(25-15-19-27(40)20-16-25)34-13-7-5-9-30(34)31-10-6-8-14-35(31)39/h2-10,13-22,29,32-33,40H,1,11-12,23-24H2,(H,42,43). The van der Waals surface area contributed by atoms with Crippen LogP contribution in [0, 0.1) is 11.8 Å². The Hall–Kier alpha value is -5.63. The molecule has 47 heavy (non-hydrogen) atoms. The molecule has 4 aromatic rings. The molecule has 3 atom stereocenters. The van der Waals surface area contributed by atoms with E-state index in [1.54, 1.807) is 24.3 Å². The molecule has 0 saturated carbocycles. The van der Waals surface area contributed by atoms with Crippen molar-refractivity contribution < 1.29 is 38.8 Å². The molecule has 2 N–H and O–H groups in total. The smallest absolute Gasteiger partial charge is 0.330 e. The second-order valence-corrected chi connectivity index (χ2v) is 11.6. The van der Waals surface area contributed by atoms with Gasteiger partial charge in [-0.3, -0.25) is 9.59 Å². The first kappa shape index (κ1) is 31.4. The molecule has 238 valence electrons. The summed E-state index contributed by atoms with van der Waals surface area (Å²) in [5.41, 5.74) is 5.83. The van der Waals surface area contributed by atoms with Gasteiger partial charge in [0.2, 0.25) is 0 Å². The molecule has 3 unspecified atom stereocenters. The van der Waals surface area contributed by atoms with Crippen molar-refractivity contribution in [1.29, 1.82) is 0 Å². The van der Waals surface area contributed by atoms with E-state index in [9.17, 15) is 24.6 Å². The lowest BCUT2D eigenvalue weighted by atomic mass is 9.68. The van der Waals surface area contributed by atoms with Crippen molar-refractivity contribution in [3.05, 3.63) is 144 Å². The Balaban J connectivity index is 1.28. The fourth-order valence-corrected chi connectivity index (χ4v) is 6.67. The number of rotatable bonds is 11. The highest BCUT2D eigenvalue weighted by atomic mass is 16.6. The zero-order chi connectivity index (χ0) is 33.0. The Labute approximate surface area is 272 Å². The number of carboxylic acids is 1. The number of phenols is 1. The molecular formula is C39H34O8. The number of carboxylic acid groups (broad SMARTS) is 1. The number of hydrogen-bond acceptors (Lipinski definition) is 7. The monoisotopic (exact) mass is 630 g/mol. The van der Waals surface area contributed by atoms with Gasteiger partial charge < -0.3 is 24.4 Å². The van der Waals surface area contributed by atoms with E-state index in [0.717, 1.165) is 39.5 Å². The lowest BCUT2D eigenvalue weighted by Gasteiger charge is -2.34. The highest BCUT2D eigenvalue weighted by Crippen LogP contribution is 2.56. The number of esters is 2. The first-order valence-electron chi connectivity index (χ1n) is 15.4. The topological polar surface area (TPSA) is 119 Å². The van der Waals surface area contributed by atoms with Gasteiger partial charge in [-0.1, -0.05) is 91.5 Å². The van der Waals surface area contributed by atoms with Gasteiger partial charge in [0, 0.05) is 6.08 Å². The van der Waals surface area contributed by atoms with Crippen LogP contribution in [-0.2, 0) is 29.3 Å². The number of ether oxygens (including phenoxy) is 3. The minimum Gasteiger partial charge on any atom is -0.508 e. The summed E-state index contributed by atoms with van der Waals surface area (Å²) in [6, 6.07) is 31.6. The Morgan fingerprint density at radius 3 is 1.91 bits per heavy atom. The van der Waals surface area contributed by atoms with E-state index >= 15 is 0 Å². The van der Waals surface area contributed by atoms with Crippen LogP contribution in [0.25, 0.3) is 11.1 Å². The molecule has 0 radical (unpaired) electrons. The van der Waals surface area contributed by atoms with E-state index < -0.39 is 41.3 Å². The molecule has 0 aliphatic heterocycles. The lowest BCUT2D eigenvalue weighted by molar-refractivity contribution is -0.167. The molecule has 0 fully saturated rings. The van der Waals surface area contributed by atoms with E-state index in [1.165, 1.54) is 0 Å². The quantitative estimate of drug-likeness (QED) is 0.0972. The third-order valence-corrected chi connectivity index (χ3v) is 8.89. The molecule has 6 rings (SSSR count). The number of phenolic OH excluding ortho intramolecular Hbond substituents is 1. The average Bonchev–Trinajstić information content (AvgIpc) is 3.41. The lowest BCUT2D eigenvalue weighted by Crippen LogP contribution is -2.37. The van der Waals surface area contributed by atoms with Crippen molar-refractivity contribution in [2.45, 2.75) is 24.4 Å². The second-order valence-electron chi connectivity index (χ2n) is 11.6. The normalized spacial score (nSPS) is 17.9. The minimum atomic E-state index is -1.07. The van der Waals surface area contributed by atoms with Gasteiger partial charge in [-0.05, 0) is 70.5 Å². The van der Waals surface area contributed by atoms with E-state index in [2.05, 4.69) is 30.8 Å². The summed E-state index contributed by atoms with van der Waals surface area (Å²) >= 11 is 0. The van der Waals surface area contributed by atoms with Crippen molar-refractivity contribution in [2.75, 3.05) is 13.2 Å². The molecule has 0 saturated heterocycles. The summed E-state index contributed by atoms with van der Waals surface area (Å²) in [4.78, 5) is 36.6. The number of hydrogen-bond donors (Lipinski definition) is 2. The SMILES string of the molecule is C=CC(=O)OCC(COc1ccc(C2(c3ccc(O)cc3)c3ccccc3-c3ccccc32)cc1)OC(=O)C1CC=CCC1C(=O)O. The van der Waals surface area contributed by atoms with Crippen molar-refractivity contribution in [1.82, 2.24) is 0 Å². The highest BCUT2D eigenvalue weighted by Gasteiger charge is 2.46. The third kappa shape index (κ3) is 6.02. The molecule has 4 aromatic carbocycles. The number of aromatic hydroxyl groups is 1. The Morgan fingerprint density at radius 1 is 0.787 bits per heavy atom. The zero-order valence-corrected chi connectivity index (χ0v) is 25.6. The van der Waals surface area contributed by atoms with E-state index in [4.69, 9.17) is 14.2 Å². The number of aliphatic carboxylic acids is 1. The molecule has 0 bridgehead atoms. The van der Waals surface area contributed by atoms with Crippen LogP contribution >= 0.6 is 0 Å². The molecule has 0 spiro atoms. The van der Waals surface area contributed by atoms with Crippen LogP contribution in [-0.4, -0.2) is 47.4 Å². The van der Waals surface area contributed by atoms with E-state index in [0.29, 0.717) is 5.75 Å². The molecular weight excluding hydrogens is 596 g/mol. The van der Waals surface area contributed by atoms with Crippen LogP contribution in [0.15, 0.2) is 122 Å². The van der Waals surface area contributed by atoms with Gasteiger partial charge in [-0.15, -0.1) is 0 Å². The van der Waals surface area contributed by atoms with Crippen LogP contribution in [0.1, 0.15) is 35.1 Å². The number of benzene rings is 4. The molecule has 2 aliphatic carbocycles. The second kappa shape index (κ2) is 13.4. The fourth-order valence-electron chi connectivity index (χ4n) is 6.67.